The van der Waals surface area contributed by atoms with Crippen molar-refractivity contribution in [3.63, 3.8) is 0 Å². The van der Waals surface area contributed by atoms with E-state index >= 15 is 0 Å². The van der Waals surface area contributed by atoms with Gasteiger partial charge >= 0.3 is 5.97 Å². The molecule has 1 unspecified atom stereocenters. The molecule has 0 radical (unpaired) electrons. The summed E-state index contributed by atoms with van der Waals surface area (Å²) >= 11 is 0. The minimum atomic E-state index is -0.986. The molecule has 0 aromatic carbocycles. The van der Waals surface area contributed by atoms with Crippen molar-refractivity contribution in [1.82, 2.24) is 9.80 Å². The van der Waals surface area contributed by atoms with Gasteiger partial charge in [-0.1, -0.05) is 13.3 Å². The third-order valence-corrected chi connectivity index (χ3v) is 5.93. The first-order chi connectivity index (χ1) is 11.9. The van der Waals surface area contributed by atoms with E-state index in [2.05, 4.69) is 6.92 Å². The van der Waals surface area contributed by atoms with Gasteiger partial charge in [0.2, 0.25) is 11.8 Å². The van der Waals surface area contributed by atoms with Crippen molar-refractivity contribution < 1.29 is 19.5 Å². The summed E-state index contributed by atoms with van der Waals surface area (Å²) in [5.74, 6) is 0.00734. The van der Waals surface area contributed by atoms with Crippen LogP contribution in [0.4, 0.5) is 0 Å². The second-order valence-electron chi connectivity index (χ2n) is 7.58. The van der Waals surface area contributed by atoms with Crippen LogP contribution in [-0.4, -0.2) is 58.4 Å². The Labute approximate surface area is 150 Å². The average Bonchev–Trinajstić information content (AvgIpc) is 2.84. The molecule has 1 N–H and O–H groups in total. The van der Waals surface area contributed by atoms with E-state index in [1.165, 1.54) is 18.2 Å². The lowest BCUT2D eigenvalue weighted by molar-refractivity contribution is -0.145. The van der Waals surface area contributed by atoms with Gasteiger partial charge in [-0.15, -0.1) is 0 Å². The topological polar surface area (TPSA) is 77.9 Å². The monoisotopic (exact) mass is 352 g/mol. The average molecular weight is 352 g/mol. The zero-order valence-corrected chi connectivity index (χ0v) is 15.6. The minimum absolute atomic E-state index is 0.0813. The summed E-state index contributed by atoms with van der Waals surface area (Å²) < 4.78 is 0. The summed E-state index contributed by atoms with van der Waals surface area (Å²) in [7, 11) is 0. The molecule has 0 spiro atoms. The first-order valence-corrected chi connectivity index (χ1v) is 9.70. The number of carbonyl (C=O) groups is 3. The molecule has 1 heterocycles. The van der Waals surface area contributed by atoms with E-state index in [1.807, 2.05) is 4.90 Å². The van der Waals surface area contributed by atoms with E-state index in [0.717, 1.165) is 51.0 Å². The van der Waals surface area contributed by atoms with Crippen molar-refractivity contribution in [3.8, 4) is 0 Å². The van der Waals surface area contributed by atoms with Gasteiger partial charge in [-0.05, 0) is 50.9 Å². The Balaban J connectivity index is 1.90. The number of rotatable bonds is 5. The molecule has 142 valence electrons. The third-order valence-electron chi connectivity index (χ3n) is 5.93. The molecule has 6 heteroatoms. The predicted molar refractivity (Wildman–Crippen MR) is 95.0 cm³/mol. The highest BCUT2D eigenvalue weighted by molar-refractivity contribution is 5.80. The number of hydrogen-bond donors (Lipinski definition) is 1. The number of amides is 2. The van der Waals surface area contributed by atoms with Crippen molar-refractivity contribution in [2.45, 2.75) is 71.3 Å². The largest absolute Gasteiger partial charge is 0.480 e. The molecule has 2 rings (SSSR count). The van der Waals surface area contributed by atoms with Crippen LogP contribution in [0.5, 0.6) is 0 Å². The first kappa shape index (κ1) is 19.7. The second kappa shape index (κ2) is 9.20. The molecular formula is C19H32N2O4. The van der Waals surface area contributed by atoms with Crippen LogP contribution in [0.1, 0.15) is 65.2 Å². The van der Waals surface area contributed by atoms with Gasteiger partial charge in [-0.3, -0.25) is 14.4 Å². The molecule has 1 aliphatic carbocycles. The van der Waals surface area contributed by atoms with Crippen LogP contribution in [0.15, 0.2) is 0 Å². The van der Waals surface area contributed by atoms with Crippen LogP contribution in [0.2, 0.25) is 0 Å². The summed E-state index contributed by atoms with van der Waals surface area (Å²) in [6.45, 7) is 4.74. The molecule has 2 fully saturated rings. The van der Waals surface area contributed by atoms with E-state index < -0.39 is 5.97 Å². The maximum absolute atomic E-state index is 12.8. The number of hydrogen-bond acceptors (Lipinski definition) is 3. The highest BCUT2D eigenvalue weighted by atomic mass is 16.4. The quantitative estimate of drug-likeness (QED) is 0.825. The molecule has 6 nitrogen and oxygen atoms in total. The molecule has 1 atom stereocenters. The fourth-order valence-corrected chi connectivity index (χ4v) is 4.33. The fourth-order valence-electron chi connectivity index (χ4n) is 4.33. The first-order valence-electron chi connectivity index (χ1n) is 9.70. The summed E-state index contributed by atoms with van der Waals surface area (Å²) in [6, 6.07) is -0.0813. The van der Waals surface area contributed by atoms with E-state index in [1.54, 1.807) is 0 Å². The van der Waals surface area contributed by atoms with Gasteiger partial charge < -0.3 is 14.9 Å². The van der Waals surface area contributed by atoms with Crippen LogP contribution < -0.4 is 0 Å². The molecule has 1 saturated carbocycles. The highest BCUT2D eigenvalue weighted by Crippen LogP contribution is 2.32. The van der Waals surface area contributed by atoms with Crippen molar-refractivity contribution in [1.29, 1.82) is 0 Å². The number of nitrogens with zero attached hydrogens (tertiary/aromatic N) is 2. The number of aliphatic carboxylic acids is 1. The van der Waals surface area contributed by atoms with Gasteiger partial charge in [-0.2, -0.15) is 0 Å². The summed E-state index contributed by atoms with van der Waals surface area (Å²) in [4.78, 5) is 39.1. The third kappa shape index (κ3) is 5.44. The number of carbonyl (C=O) groups excluding carboxylic acids is 2. The fraction of sp³-hybridized carbons (Fsp3) is 0.842. The Morgan fingerprint density at radius 1 is 1.04 bits per heavy atom. The zero-order valence-electron chi connectivity index (χ0n) is 15.6. The maximum Gasteiger partial charge on any atom is 0.323 e. The van der Waals surface area contributed by atoms with Crippen LogP contribution in [0.25, 0.3) is 0 Å². The summed E-state index contributed by atoms with van der Waals surface area (Å²) in [5, 5.41) is 9.03. The van der Waals surface area contributed by atoms with Gasteiger partial charge in [-0.25, -0.2) is 0 Å². The number of carboxylic acids is 1. The molecular weight excluding hydrogens is 320 g/mol. The van der Waals surface area contributed by atoms with Crippen LogP contribution in [0.3, 0.4) is 0 Å². The van der Waals surface area contributed by atoms with E-state index in [9.17, 15) is 14.4 Å². The molecule has 0 aromatic heterocycles. The number of likely N-dealkylation sites (tertiary alicyclic amines) is 1. The molecule has 25 heavy (non-hydrogen) atoms. The van der Waals surface area contributed by atoms with Gasteiger partial charge in [0.15, 0.2) is 0 Å². The summed E-state index contributed by atoms with van der Waals surface area (Å²) in [5.41, 5.74) is 0. The predicted octanol–water partition coefficient (Wildman–Crippen LogP) is 2.52. The van der Waals surface area contributed by atoms with Gasteiger partial charge in [0.1, 0.15) is 6.54 Å². The second-order valence-corrected chi connectivity index (χ2v) is 7.58. The van der Waals surface area contributed by atoms with E-state index in [-0.39, 0.29) is 30.3 Å². The van der Waals surface area contributed by atoms with Gasteiger partial charge in [0, 0.05) is 32.0 Å². The SMILES string of the molecule is CCC1CCC(C(=O)N2CCCC(N(CC(=O)O)C(C)=O)CC2)CC1. The lowest BCUT2D eigenvalue weighted by Gasteiger charge is -2.32. The molecule has 1 saturated heterocycles. The number of carboxylic acid groups (broad SMARTS) is 1. The molecule has 0 bridgehead atoms. The Hall–Kier alpha value is -1.59. The van der Waals surface area contributed by atoms with Crippen LogP contribution >= 0.6 is 0 Å². The minimum Gasteiger partial charge on any atom is -0.480 e. The van der Waals surface area contributed by atoms with E-state index in [4.69, 9.17) is 5.11 Å². The van der Waals surface area contributed by atoms with Crippen molar-refractivity contribution in [2.24, 2.45) is 11.8 Å². The lowest BCUT2D eigenvalue weighted by atomic mass is 9.80. The Kier molecular flexibility index (Phi) is 7.26. The molecule has 0 aromatic rings. The maximum atomic E-state index is 12.8. The van der Waals surface area contributed by atoms with Crippen LogP contribution in [-0.2, 0) is 14.4 Å². The highest BCUT2D eigenvalue weighted by Gasteiger charge is 2.32. The van der Waals surface area contributed by atoms with Crippen molar-refractivity contribution in [3.05, 3.63) is 0 Å². The lowest BCUT2D eigenvalue weighted by Crippen LogP contribution is -2.43. The Bertz CT molecular complexity index is 486. The van der Waals surface area contributed by atoms with Gasteiger partial charge in [0.05, 0.1) is 0 Å². The Morgan fingerprint density at radius 3 is 2.28 bits per heavy atom. The normalized spacial score (nSPS) is 27.4. The summed E-state index contributed by atoms with van der Waals surface area (Å²) in [6.07, 6.45) is 7.76. The molecule has 1 aliphatic heterocycles. The Morgan fingerprint density at radius 2 is 1.72 bits per heavy atom. The standard InChI is InChI=1S/C19H32N2O4/c1-3-15-6-8-16(9-7-15)19(25)20-11-4-5-17(10-12-20)21(14(2)22)13-18(23)24/h15-17H,3-13H2,1-2H3,(H,23,24). The molecule has 2 aliphatic rings. The van der Waals surface area contributed by atoms with Gasteiger partial charge in [0.25, 0.3) is 0 Å². The smallest absolute Gasteiger partial charge is 0.323 e. The zero-order chi connectivity index (χ0) is 18.4. The van der Waals surface area contributed by atoms with Crippen LogP contribution in [0, 0.1) is 11.8 Å². The molecule has 2 amide bonds. The van der Waals surface area contributed by atoms with E-state index in [0.29, 0.717) is 13.0 Å². The van der Waals surface area contributed by atoms with Crippen molar-refractivity contribution in [2.75, 3.05) is 19.6 Å². The van der Waals surface area contributed by atoms with Crippen molar-refractivity contribution >= 4 is 17.8 Å².